The molecule has 1 amide bonds. The number of pyridine rings is 1. The maximum absolute atomic E-state index is 12.3. The lowest BCUT2D eigenvalue weighted by Gasteiger charge is -2.33. The van der Waals surface area contributed by atoms with Gasteiger partial charge in [-0.2, -0.15) is 0 Å². The van der Waals surface area contributed by atoms with E-state index in [1.807, 2.05) is 37.3 Å². The molecule has 0 bridgehead atoms. The van der Waals surface area contributed by atoms with Gasteiger partial charge in [0.25, 0.3) is 5.56 Å². The number of amides is 1. The van der Waals surface area contributed by atoms with Gasteiger partial charge in [-0.3, -0.25) is 14.5 Å². The molecular formula is C18H23N3O2. The number of aromatic amines is 1. The van der Waals surface area contributed by atoms with E-state index in [1.54, 1.807) is 0 Å². The minimum absolute atomic E-state index is 0.0246. The van der Waals surface area contributed by atoms with Crippen LogP contribution in [0, 0.1) is 0 Å². The number of rotatable bonds is 4. The Kier molecular flexibility index (Phi) is 4.76. The molecule has 2 N–H and O–H groups in total. The van der Waals surface area contributed by atoms with Crippen molar-refractivity contribution >= 4 is 16.8 Å². The van der Waals surface area contributed by atoms with Gasteiger partial charge in [0.2, 0.25) is 5.91 Å². The minimum atomic E-state index is -0.0246. The number of piperidine rings is 1. The number of para-hydroxylation sites is 1. The monoisotopic (exact) mass is 313 g/mol. The number of nitrogens with zero attached hydrogens (tertiary/aromatic N) is 1. The minimum Gasteiger partial charge on any atom is -0.352 e. The number of carbonyl (C=O) groups excluding carboxylic acids is 1. The van der Waals surface area contributed by atoms with Crippen molar-refractivity contribution in [2.75, 3.05) is 13.1 Å². The predicted molar refractivity (Wildman–Crippen MR) is 91.3 cm³/mol. The molecule has 5 heteroatoms. The average Bonchev–Trinajstić information content (AvgIpc) is 2.56. The molecule has 1 fully saturated rings. The maximum Gasteiger partial charge on any atom is 0.252 e. The summed E-state index contributed by atoms with van der Waals surface area (Å²) in [6.45, 7) is 4.26. The van der Waals surface area contributed by atoms with Crippen LogP contribution in [0.2, 0.25) is 0 Å². The highest BCUT2D eigenvalue weighted by Crippen LogP contribution is 2.15. The first-order valence-corrected chi connectivity index (χ1v) is 8.28. The maximum atomic E-state index is 12.3. The van der Waals surface area contributed by atoms with Gasteiger partial charge in [-0.25, -0.2) is 0 Å². The van der Waals surface area contributed by atoms with Gasteiger partial charge in [-0.1, -0.05) is 25.1 Å². The van der Waals surface area contributed by atoms with Gasteiger partial charge in [0, 0.05) is 36.6 Å². The summed E-state index contributed by atoms with van der Waals surface area (Å²) in [5, 5.41) is 4.11. The van der Waals surface area contributed by atoms with E-state index < -0.39 is 0 Å². The van der Waals surface area contributed by atoms with E-state index in [1.165, 1.54) is 0 Å². The quantitative estimate of drug-likeness (QED) is 0.907. The lowest BCUT2D eigenvalue weighted by atomic mass is 10.0. The molecule has 2 aromatic rings. The smallest absolute Gasteiger partial charge is 0.252 e. The number of benzene rings is 1. The third-order valence-corrected chi connectivity index (χ3v) is 4.42. The van der Waals surface area contributed by atoms with E-state index >= 15 is 0 Å². The molecule has 5 nitrogen and oxygen atoms in total. The Bertz CT molecular complexity index is 753. The first-order chi connectivity index (χ1) is 11.2. The first-order valence-electron chi connectivity index (χ1n) is 8.28. The number of aromatic nitrogens is 1. The number of hydrogen-bond acceptors (Lipinski definition) is 3. The SMILES string of the molecule is CCC(=O)NC1CCCN(Cc2cc3ccccc3[nH]c2=O)C1. The summed E-state index contributed by atoms with van der Waals surface area (Å²) in [5.41, 5.74) is 1.63. The molecule has 1 aliphatic heterocycles. The molecule has 1 atom stereocenters. The molecule has 3 rings (SSSR count). The van der Waals surface area contributed by atoms with Crippen molar-refractivity contribution < 1.29 is 4.79 Å². The second-order valence-electron chi connectivity index (χ2n) is 6.21. The van der Waals surface area contributed by atoms with Crippen molar-refractivity contribution in [2.45, 2.75) is 38.8 Å². The van der Waals surface area contributed by atoms with Crippen LogP contribution >= 0.6 is 0 Å². The van der Waals surface area contributed by atoms with Crippen molar-refractivity contribution in [3.05, 3.63) is 46.2 Å². The fourth-order valence-electron chi connectivity index (χ4n) is 3.20. The van der Waals surface area contributed by atoms with Crippen molar-refractivity contribution in [3.63, 3.8) is 0 Å². The number of nitrogens with one attached hydrogen (secondary N) is 2. The summed E-state index contributed by atoms with van der Waals surface area (Å²) in [5.74, 6) is 0.0976. The Labute approximate surface area is 135 Å². The zero-order chi connectivity index (χ0) is 16.2. The molecule has 0 saturated carbocycles. The van der Waals surface area contributed by atoms with Gasteiger partial charge in [0.1, 0.15) is 0 Å². The Balaban J connectivity index is 1.72. The predicted octanol–water partition coefficient (Wildman–Crippen LogP) is 2.02. The second kappa shape index (κ2) is 6.96. The van der Waals surface area contributed by atoms with Crippen LogP contribution in [-0.4, -0.2) is 34.9 Å². The van der Waals surface area contributed by atoms with Crippen LogP contribution < -0.4 is 10.9 Å². The summed E-state index contributed by atoms with van der Waals surface area (Å²) in [4.78, 5) is 29.0. The largest absolute Gasteiger partial charge is 0.352 e. The molecule has 1 aromatic heterocycles. The molecule has 2 heterocycles. The van der Waals surface area contributed by atoms with Gasteiger partial charge in [0.05, 0.1) is 0 Å². The van der Waals surface area contributed by atoms with Gasteiger partial charge in [0.15, 0.2) is 0 Å². The number of H-pyrrole nitrogens is 1. The standard InChI is InChI=1S/C18H23N3O2/c1-2-17(22)19-15-7-5-9-21(12-15)11-14-10-13-6-3-4-8-16(13)20-18(14)23/h3-4,6,8,10,15H,2,5,7,9,11-12H2,1H3,(H,19,22)(H,20,23). The molecule has 122 valence electrons. The van der Waals surface area contributed by atoms with Crippen LogP contribution in [0.4, 0.5) is 0 Å². The van der Waals surface area contributed by atoms with Gasteiger partial charge < -0.3 is 10.3 Å². The van der Waals surface area contributed by atoms with Crippen molar-refractivity contribution in [1.29, 1.82) is 0 Å². The van der Waals surface area contributed by atoms with Crippen LogP contribution in [0.25, 0.3) is 10.9 Å². The molecule has 1 aliphatic rings. The topological polar surface area (TPSA) is 65.2 Å². The molecule has 0 radical (unpaired) electrons. The Morgan fingerprint density at radius 1 is 1.39 bits per heavy atom. The summed E-state index contributed by atoms with van der Waals surface area (Å²) in [6, 6.07) is 9.98. The zero-order valence-corrected chi connectivity index (χ0v) is 13.5. The zero-order valence-electron chi connectivity index (χ0n) is 13.5. The number of hydrogen-bond donors (Lipinski definition) is 2. The molecule has 1 saturated heterocycles. The van der Waals surface area contributed by atoms with E-state index in [4.69, 9.17) is 0 Å². The number of fused-ring (bicyclic) bond motifs is 1. The van der Waals surface area contributed by atoms with E-state index in [0.717, 1.165) is 42.4 Å². The molecule has 1 unspecified atom stereocenters. The third kappa shape index (κ3) is 3.79. The van der Waals surface area contributed by atoms with Crippen LogP contribution in [0.3, 0.4) is 0 Å². The number of carbonyl (C=O) groups is 1. The molecule has 23 heavy (non-hydrogen) atoms. The van der Waals surface area contributed by atoms with Gasteiger partial charge >= 0.3 is 0 Å². The highest BCUT2D eigenvalue weighted by molar-refractivity contribution is 5.78. The van der Waals surface area contributed by atoms with Crippen molar-refractivity contribution in [1.82, 2.24) is 15.2 Å². The van der Waals surface area contributed by atoms with Crippen LogP contribution in [0.1, 0.15) is 31.7 Å². The Morgan fingerprint density at radius 3 is 3.04 bits per heavy atom. The summed E-state index contributed by atoms with van der Waals surface area (Å²) < 4.78 is 0. The van der Waals surface area contributed by atoms with E-state index in [0.29, 0.717) is 13.0 Å². The summed E-state index contributed by atoms with van der Waals surface area (Å²) in [6.07, 6.45) is 2.57. The molecule has 0 aliphatic carbocycles. The third-order valence-electron chi connectivity index (χ3n) is 4.42. The van der Waals surface area contributed by atoms with Crippen LogP contribution in [0.5, 0.6) is 0 Å². The first kappa shape index (κ1) is 15.7. The van der Waals surface area contributed by atoms with Crippen molar-refractivity contribution in [3.8, 4) is 0 Å². The average molecular weight is 313 g/mol. The Hall–Kier alpha value is -2.14. The fraction of sp³-hybridized carbons (Fsp3) is 0.444. The van der Waals surface area contributed by atoms with Crippen molar-refractivity contribution in [2.24, 2.45) is 0 Å². The van der Waals surface area contributed by atoms with E-state index in [9.17, 15) is 9.59 Å². The van der Waals surface area contributed by atoms with Gasteiger partial charge in [-0.15, -0.1) is 0 Å². The highest BCUT2D eigenvalue weighted by atomic mass is 16.1. The second-order valence-corrected chi connectivity index (χ2v) is 6.21. The number of likely N-dealkylation sites (tertiary alicyclic amines) is 1. The van der Waals surface area contributed by atoms with E-state index in [2.05, 4.69) is 15.2 Å². The normalized spacial score (nSPS) is 18.9. The van der Waals surface area contributed by atoms with E-state index in [-0.39, 0.29) is 17.5 Å². The van der Waals surface area contributed by atoms with Crippen LogP contribution in [-0.2, 0) is 11.3 Å². The van der Waals surface area contributed by atoms with Crippen LogP contribution in [0.15, 0.2) is 35.1 Å². The fourth-order valence-corrected chi connectivity index (χ4v) is 3.20. The van der Waals surface area contributed by atoms with Gasteiger partial charge in [-0.05, 0) is 36.9 Å². The summed E-state index contributed by atoms with van der Waals surface area (Å²) in [7, 11) is 0. The highest BCUT2D eigenvalue weighted by Gasteiger charge is 2.21. The molecular weight excluding hydrogens is 290 g/mol. The Morgan fingerprint density at radius 2 is 2.22 bits per heavy atom. The molecule has 0 spiro atoms. The lowest BCUT2D eigenvalue weighted by molar-refractivity contribution is -0.121. The lowest BCUT2D eigenvalue weighted by Crippen LogP contribution is -2.47. The summed E-state index contributed by atoms with van der Waals surface area (Å²) >= 11 is 0. The molecule has 1 aromatic carbocycles.